The number of thioether (sulfide) groups is 1. The molecule has 0 atom stereocenters. The maximum Gasteiger partial charge on any atom is 0.333 e. The van der Waals surface area contributed by atoms with E-state index in [1.54, 1.807) is 18.9 Å². The van der Waals surface area contributed by atoms with Crippen molar-refractivity contribution in [2.45, 2.75) is 6.92 Å². The zero-order valence-corrected chi connectivity index (χ0v) is 17.3. The van der Waals surface area contributed by atoms with Gasteiger partial charge in [-0.2, -0.15) is 0 Å². The summed E-state index contributed by atoms with van der Waals surface area (Å²) in [6, 6.07) is 8.10. The summed E-state index contributed by atoms with van der Waals surface area (Å²) in [5.41, 5.74) is 1.13. The third-order valence-corrected chi connectivity index (χ3v) is 6.05. The van der Waals surface area contributed by atoms with Gasteiger partial charge in [0.25, 0.3) is 0 Å². The first kappa shape index (κ1) is 20.5. The lowest BCUT2D eigenvalue weighted by Gasteiger charge is -2.34. The standard InChI is InChI=1S/C20H27N3O4S/c1-3-27-20(25)14-19-23(18(24)15-28-19)13-10-21-8-11-22(12-9-21)16-6-4-5-7-17(16)26-2/h4-7,14H,3,8-13,15H2,1-2H3/p+1/b19-14-. The molecular formula is C20H28N3O4S+. The SMILES string of the molecule is CCOC(=O)/C=C1\SCC(=O)N1CC[NH+]1CCN(c2ccccc2OC)CC1. The predicted molar refractivity (Wildman–Crippen MR) is 110 cm³/mol. The molecule has 7 nitrogen and oxygen atoms in total. The summed E-state index contributed by atoms with van der Waals surface area (Å²) in [5, 5.41) is 0.704. The highest BCUT2D eigenvalue weighted by Gasteiger charge is 2.29. The topological polar surface area (TPSA) is 63.5 Å². The van der Waals surface area contributed by atoms with E-state index < -0.39 is 0 Å². The molecule has 8 heteroatoms. The van der Waals surface area contributed by atoms with Gasteiger partial charge in [0.05, 0.1) is 75.5 Å². The molecule has 0 unspecified atom stereocenters. The Morgan fingerprint density at radius 3 is 2.75 bits per heavy atom. The summed E-state index contributed by atoms with van der Waals surface area (Å²) < 4.78 is 10.4. The van der Waals surface area contributed by atoms with E-state index in [4.69, 9.17) is 9.47 Å². The predicted octanol–water partition coefficient (Wildman–Crippen LogP) is 0.380. The average Bonchev–Trinajstić information content (AvgIpc) is 3.06. The average molecular weight is 407 g/mol. The molecule has 1 amide bonds. The first-order chi connectivity index (χ1) is 13.6. The van der Waals surface area contributed by atoms with Crippen molar-refractivity contribution < 1.29 is 24.0 Å². The van der Waals surface area contributed by atoms with Gasteiger partial charge in [-0.3, -0.25) is 4.79 Å². The molecule has 2 heterocycles. The van der Waals surface area contributed by atoms with E-state index in [0.29, 0.717) is 23.9 Å². The Morgan fingerprint density at radius 1 is 1.29 bits per heavy atom. The zero-order valence-electron chi connectivity index (χ0n) is 16.5. The summed E-state index contributed by atoms with van der Waals surface area (Å²) in [7, 11) is 1.70. The second-order valence-corrected chi connectivity index (χ2v) is 7.72. The van der Waals surface area contributed by atoms with Gasteiger partial charge < -0.3 is 24.2 Å². The van der Waals surface area contributed by atoms with Crippen LogP contribution in [0.15, 0.2) is 35.4 Å². The van der Waals surface area contributed by atoms with Gasteiger partial charge >= 0.3 is 5.97 Å². The Balaban J connectivity index is 1.52. The van der Waals surface area contributed by atoms with Crippen molar-refractivity contribution >= 4 is 29.3 Å². The number of ether oxygens (including phenoxy) is 2. The van der Waals surface area contributed by atoms with Crippen LogP contribution < -0.4 is 14.5 Å². The van der Waals surface area contributed by atoms with Gasteiger partial charge in [-0.1, -0.05) is 23.9 Å². The molecule has 0 aliphatic carbocycles. The van der Waals surface area contributed by atoms with E-state index in [1.807, 2.05) is 18.2 Å². The molecule has 0 spiro atoms. The van der Waals surface area contributed by atoms with Crippen LogP contribution in [-0.4, -0.2) is 75.5 Å². The van der Waals surface area contributed by atoms with E-state index in [-0.39, 0.29) is 11.9 Å². The molecule has 0 radical (unpaired) electrons. The lowest BCUT2D eigenvalue weighted by molar-refractivity contribution is -0.899. The fourth-order valence-corrected chi connectivity index (χ4v) is 4.48. The monoisotopic (exact) mass is 406 g/mol. The summed E-state index contributed by atoms with van der Waals surface area (Å²) in [5.74, 6) is 0.969. The molecular weight excluding hydrogens is 378 g/mol. The number of hydrogen-bond donors (Lipinski definition) is 1. The van der Waals surface area contributed by atoms with Gasteiger partial charge in [0.1, 0.15) is 5.75 Å². The number of carbonyl (C=O) groups is 2. The third-order valence-electron chi connectivity index (χ3n) is 5.02. The van der Waals surface area contributed by atoms with Crippen LogP contribution in [0.3, 0.4) is 0 Å². The van der Waals surface area contributed by atoms with Crippen LogP contribution in [0, 0.1) is 0 Å². The zero-order chi connectivity index (χ0) is 19.9. The third kappa shape index (κ3) is 4.99. The number of carbonyl (C=O) groups excluding carboxylic acids is 2. The number of esters is 1. The number of hydrogen-bond acceptors (Lipinski definition) is 6. The number of quaternary nitrogens is 1. The number of benzene rings is 1. The molecule has 152 valence electrons. The van der Waals surface area contributed by atoms with Crippen LogP contribution in [0.2, 0.25) is 0 Å². The largest absolute Gasteiger partial charge is 0.495 e. The van der Waals surface area contributed by atoms with E-state index in [0.717, 1.165) is 44.2 Å². The molecule has 1 N–H and O–H groups in total. The highest BCUT2D eigenvalue weighted by molar-refractivity contribution is 8.04. The molecule has 2 saturated heterocycles. The van der Waals surface area contributed by atoms with Crippen LogP contribution in [0.25, 0.3) is 0 Å². The molecule has 28 heavy (non-hydrogen) atoms. The van der Waals surface area contributed by atoms with Gasteiger partial charge in [-0.15, -0.1) is 0 Å². The van der Waals surface area contributed by atoms with Crippen LogP contribution in [0.4, 0.5) is 5.69 Å². The second-order valence-electron chi connectivity index (χ2n) is 6.73. The molecule has 0 aromatic heterocycles. The lowest BCUT2D eigenvalue weighted by atomic mass is 10.2. The van der Waals surface area contributed by atoms with Crippen LogP contribution in [-0.2, 0) is 14.3 Å². The molecule has 2 aliphatic rings. The van der Waals surface area contributed by atoms with Crippen LogP contribution in [0.5, 0.6) is 5.75 Å². The Hall–Kier alpha value is -2.19. The molecule has 1 aromatic rings. The summed E-state index contributed by atoms with van der Waals surface area (Å²) in [4.78, 5) is 29.4. The Morgan fingerprint density at radius 2 is 2.04 bits per heavy atom. The lowest BCUT2D eigenvalue weighted by Crippen LogP contribution is -3.15. The number of amides is 1. The van der Waals surface area contributed by atoms with Gasteiger partial charge in [-0.05, 0) is 19.1 Å². The molecule has 0 saturated carbocycles. The quantitative estimate of drug-likeness (QED) is 0.522. The smallest absolute Gasteiger partial charge is 0.333 e. The van der Waals surface area contributed by atoms with Crippen molar-refractivity contribution in [3.63, 3.8) is 0 Å². The molecule has 0 bridgehead atoms. The van der Waals surface area contributed by atoms with Crippen molar-refractivity contribution in [3.05, 3.63) is 35.4 Å². The molecule has 3 rings (SSSR count). The van der Waals surface area contributed by atoms with Crippen molar-refractivity contribution in [2.75, 3.05) is 63.6 Å². The Kier molecular flexibility index (Phi) is 7.22. The highest BCUT2D eigenvalue weighted by atomic mass is 32.2. The summed E-state index contributed by atoms with van der Waals surface area (Å²) >= 11 is 1.41. The summed E-state index contributed by atoms with van der Waals surface area (Å²) in [6.45, 7) is 7.51. The fourth-order valence-electron chi connectivity index (χ4n) is 3.53. The van der Waals surface area contributed by atoms with Gasteiger partial charge in [0.2, 0.25) is 5.91 Å². The highest BCUT2D eigenvalue weighted by Crippen LogP contribution is 2.28. The number of piperazine rings is 1. The number of nitrogens with one attached hydrogen (secondary N) is 1. The van der Waals surface area contributed by atoms with E-state index >= 15 is 0 Å². The number of rotatable bonds is 7. The number of anilines is 1. The van der Waals surface area contributed by atoms with Crippen LogP contribution >= 0.6 is 11.8 Å². The summed E-state index contributed by atoms with van der Waals surface area (Å²) in [6.07, 6.45) is 1.44. The van der Waals surface area contributed by atoms with E-state index in [2.05, 4.69) is 11.0 Å². The number of para-hydroxylation sites is 2. The van der Waals surface area contributed by atoms with Gasteiger partial charge in [0.15, 0.2) is 0 Å². The fraction of sp³-hybridized carbons (Fsp3) is 0.500. The van der Waals surface area contributed by atoms with E-state index in [9.17, 15) is 9.59 Å². The maximum absolute atomic E-state index is 12.2. The Bertz CT molecular complexity index is 732. The van der Waals surface area contributed by atoms with E-state index in [1.165, 1.54) is 22.7 Å². The normalized spacial score (nSPS) is 19.4. The van der Waals surface area contributed by atoms with Gasteiger partial charge in [-0.25, -0.2) is 4.79 Å². The minimum Gasteiger partial charge on any atom is -0.495 e. The van der Waals surface area contributed by atoms with Gasteiger partial charge in [0, 0.05) is 0 Å². The molecule has 2 fully saturated rings. The first-order valence-electron chi connectivity index (χ1n) is 9.65. The van der Waals surface area contributed by atoms with Crippen molar-refractivity contribution in [1.82, 2.24) is 4.90 Å². The first-order valence-corrected chi connectivity index (χ1v) is 10.6. The number of methoxy groups -OCH3 is 1. The minimum absolute atomic E-state index is 0.0626. The number of nitrogens with zero attached hydrogens (tertiary/aromatic N) is 2. The second kappa shape index (κ2) is 9.84. The van der Waals surface area contributed by atoms with Crippen molar-refractivity contribution in [1.29, 1.82) is 0 Å². The molecule has 2 aliphatic heterocycles. The molecule has 1 aromatic carbocycles. The van der Waals surface area contributed by atoms with Crippen molar-refractivity contribution in [2.24, 2.45) is 0 Å². The van der Waals surface area contributed by atoms with Crippen LogP contribution in [0.1, 0.15) is 6.92 Å². The maximum atomic E-state index is 12.2. The Labute approximate surface area is 170 Å². The van der Waals surface area contributed by atoms with Crippen molar-refractivity contribution in [3.8, 4) is 5.75 Å². The minimum atomic E-state index is -0.387.